The normalized spacial score (nSPS) is 12.3. The van der Waals surface area contributed by atoms with Crippen LogP contribution in [-0.4, -0.2) is 28.3 Å². The lowest BCUT2D eigenvalue weighted by atomic mass is 10.2. The Balaban J connectivity index is 1.46. The molecule has 27 heavy (non-hydrogen) atoms. The van der Waals surface area contributed by atoms with Gasteiger partial charge in [0, 0.05) is 25.4 Å². The van der Waals surface area contributed by atoms with E-state index in [-0.39, 0.29) is 18.3 Å². The van der Waals surface area contributed by atoms with Crippen molar-refractivity contribution >= 4 is 11.6 Å². The highest BCUT2D eigenvalue weighted by atomic mass is 19.4. The highest BCUT2D eigenvalue weighted by molar-refractivity contribution is 5.77. The van der Waals surface area contributed by atoms with Crippen molar-refractivity contribution in [2.45, 2.75) is 19.3 Å². The van der Waals surface area contributed by atoms with E-state index in [1.54, 1.807) is 0 Å². The molecule has 3 aromatic rings. The summed E-state index contributed by atoms with van der Waals surface area (Å²) in [4.78, 5) is 8.65. The molecule has 142 valence electrons. The molecule has 0 atom stereocenters. The number of benzene rings is 1. The number of fused-ring (bicyclic) bond motifs is 1. The fourth-order valence-corrected chi connectivity index (χ4v) is 2.46. The molecule has 0 aliphatic heterocycles. The average molecular weight is 377 g/mol. The Kier molecular flexibility index (Phi) is 5.49. The van der Waals surface area contributed by atoms with Crippen molar-refractivity contribution in [2.24, 2.45) is 10.7 Å². The van der Waals surface area contributed by atoms with Crippen LogP contribution < -0.4 is 15.8 Å². The van der Waals surface area contributed by atoms with Crippen LogP contribution in [0.5, 0.6) is 5.75 Å². The Morgan fingerprint density at radius 3 is 2.67 bits per heavy atom. The second-order valence-electron chi connectivity index (χ2n) is 5.77. The van der Waals surface area contributed by atoms with Gasteiger partial charge in [-0.1, -0.05) is 18.2 Å². The molecule has 0 saturated heterocycles. The SMILES string of the molecule is NC(=NCc1ccc(OC(F)(F)F)cc1)NCCc1cn2ccccc2n1. The first-order valence-electron chi connectivity index (χ1n) is 8.20. The van der Waals surface area contributed by atoms with E-state index < -0.39 is 6.36 Å². The molecule has 3 rings (SSSR count). The number of aliphatic imine (C=N–C) groups is 1. The van der Waals surface area contributed by atoms with E-state index in [2.05, 4.69) is 20.0 Å². The van der Waals surface area contributed by atoms with Crippen molar-refractivity contribution in [3.63, 3.8) is 0 Å². The van der Waals surface area contributed by atoms with E-state index in [4.69, 9.17) is 5.73 Å². The van der Waals surface area contributed by atoms with Crippen LogP contribution in [0.25, 0.3) is 5.65 Å². The van der Waals surface area contributed by atoms with Crippen LogP contribution in [0.3, 0.4) is 0 Å². The lowest BCUT2D eigenvalue weighted by molar-refractivity contribution is -0.274. The summed E-state index contributed by atoms with van der Waals surface area (Å²) < 4.78 is 42.1. The zero-order valence-electron chi connectivity index (χ0n) is 14.3. The number of guanidine groups is 1. The van der Waals surface area contributed by atoms with Crippen molar-refractivity contribution in [3.8, 4) is 5.75 Å². The second-order valence-corrected chi connectivity index (χ2v) is 5.77. The van der Waals surface area contributed by atoms with E-state index in [0.29, 0.717) is 13.0 Å². The van der Waals surface area contributed by atoms with Gasteiger partial charge in [-0.3, -0.25) is 0 Å². The van der Waals surface area contributed by atoms with Gasteiger partial charge in [0.05, 0.1) is 12.2 Å². The number of nitrogens with zero attached hydrogens (tertiary/aromatic N) is 3. The van der Waals surface area contributed by atoms with Crippen LogP contribution in [-0.2, 0) is 13.0 Å². The van der Waals surface area contributed by atoms with Crippen LogP contribution in [0.1, 0.15) is 11.3 Å². The Hall–Kier alpha value is -3.23. The Morgan fingerprint density at radius 2 is 1.96 bits per heavy atom. The minimum Gasteiger partial charge on any atom is -0.406 e. The molecular formula is C18H18F3N5O. The van der Waals surface area contributed by atoms with E-state index in [1.165, 1.54) is 24.3 Å². The largest absolute Gasteiger partial charge is 0.573 e. The second kappa shape index (κ2) is 7.98. The Bertz CT molecular complexity index is 886. The van der Waals surface area contributed by atoms with Crippen molar-refractivity contribution in [1.29, 1.82) is 0 Å². The first-order valence-corrected chi connectivity index (χ1v) is 8.20. The predicted molar refractivity (Wildman–Crippen MR) is 95.4 cm³/mol. The quantitative estimate of drug-likeness (QED) is 0.512. The molecule has 0 aliphatic carbocycles. The Morgan fingerprint density at radius 1 is 1.19 bits per heavy atom. The minimum atomic E-state index is -4.70. The first kappa shape index (κ1) is 18.6. The number of hydrogen-bond donors (Lipinski definition) is 2. The number of imidazole rings is 1. The molecule has 0 saturated carbocycles. The van der Waals surface area contributed by atoms with Gasteiger partial charge in [-0.05, 0) is 29.8 Å². The fourth-order valence-electron chi connectivity index (χ4n) is 2.46. The van der Waals surface area contributed by atoms with Crippen LogP contribution in [0.4, 0.5) is 13.2 Å². The summed E-state index contributed by atoms with van der Waals surface area (Å²) in [5.41, 5.74) is 8.34. The number of pyridine rings is 1. The summed E-state index contributed by atoms with van der Waals surface area (Å²) in [5.74, 6) is -0.0110. The number of aromatic nitrogens is 2. The molecule has 0 aliphatic rings. The number of halogens is 3. The molecule has 6 nitrogen and oxygen atoms in total. The summed E-state index contributed by atoms with van der Waals surface area (Å²) in [6.07, 6.45) is -0.134. The summed E-state index contributed by atoms with van der Waals surface area (Å²) in [5, 5.41) is 2.99. The maximum atomic E-state index is 12.1. The molecule has 2 aromatic heterocycles. The van der Waals surface area contributed by atoms with Gasteiger partial charge in [-0.15, -0.1) is 13.2 Å². The Labute approximate surface area is 153 Å². The third kappa shape index (κ3) is 5.63. The van der Waals surface area contributed by atoms with E-state index in [9.17, 15) is 13.2 Å². The molecule has 2 heterocycles. The number of hydrogen-bond acceptors (Lipinski definition) is 3. The summed E-state index contributed by atoms with van der Waals surface area (Å²) in [6, 6.07) is 11.3. The van der Waals surface area contributed by atoms with Crippen molar-refractivity contribution in [1.82, 2.24) is 14.7 Å². The van der Waals surface area contributed by atoms with Gasteiger partial charge < -0.3 is 20.2 Å². The minimum absolute atomic E-state index is 0.249. The molecule has 9 heteroatoms. The molecule has 0 amide bonds. The monoisotopic (exact) mass is 377 g/mol. The third-order valence-corrected chi connectivity index (χ3v) is 3.69. The van der Waals surface area contributed by atoms with Gasteiger partial charge in [-0.25, -0.2) is 9.98 Å². The summed E-state index contributed by atoms with van der Waals surface area (Å²) in [7, 11) is 0. The molecule has 0 fully saturated rings. The lowest BCUT2D eigenvalue weighted by Gasteiger charge is -2.09. The van der Waals surface area contributed by atoms with Crippen LogP contribution in [0.15, 0.2) is 59.9 Å². The standard InChI is InChI=1S/C18H18F3N5O/c19-18(20,21)27-15-6-4-13(5-7-15)11-24-17(22)23-9-8-14-12-26-10-2-1-3-16(26)25-14/h1-7,10,12H,8-9,11H2,(H3,22,23,24). The summed E-state index contributed by atoms with van der Waals surface area (Å²) in [6.45, 7) is 0.817. The van der Waals surface area contributed by atoms with Gasteiger partial charge in [0.25, 0.3) is 0 Å². The van der Waals surface area contributed by atoms with Crippen LogP contribution in [0.2, 0.25) is 0 Å². The zero-order valence-corrected chi connectivity index (χ0v) is 14.3. The molecule has 0 spiro atoms. The van der Waals surface area contributed by atoms with E-state index in [0.717, 1.165) is 16.9 Å². The van der Waals surface area contributed by atoms with Crippen molar-refractivity contribution < 1.29 is 17.9 Å². The molecular weight excluding hydrogens is 359 g/mol. The van der Waals surface area contributed by atoms with Gasteiger partial charge in [0.2, 0.25) is 0 Å². The molecule has 0 bridgehead atoms. The number of nitrogens with two attached hydrogens (primary N) is 1. The van der Waals surface area contributed by atoms with E-state index >= 15 is 0 Å². The van der Waals surface area contributed by atoms with Gasteiger partial charge in [-0.2, -0.15) is 0 Å². The van der Waals surface area contributed by atoms with E-state index in [1.807, 2.05) is 35.0 Å². The first-order chi connectivity index (χ1) is 12.9. The highest BCUT2D eigenvalue weighted by Gasteiger charge is 2.30. The number of rotatable bonds is 6. The predicted octanol–water partition coefficient (Wildman–Crippen LogP) is 2.88. The number of ether oxygens (including phenoxy) is 1. The number of nitrogens with one attached hydrogen (secondary N) is 1. The summed E-state index contributed by atoms with van der Waals surface area (Å²) >= 11 is 0. The van der Waals surface area contributed by atoms with Crippen LogP contribution in [0, 0.1) is 0 Å². The third-order valence-electron chi connectivity index (χ3n) is 3.69. The van der Waals surface area contributed by atoms with Gasteiger partial charge >= 0.3 is 6.36 Å². The van der Waals surface area contributed by atoms with Crippen molar-refractivity contribution in [3.05, 3.63) is 66.1 Å². The maximum Gasteiger partial charge on any atom is 0.573 e. The van der Waals surface area contributed by atoms with Gasteiger partial charge in [0.1, 0.15) is 11.4 Å². The topological polar surface area (TPSA) is 76.9 Å². The number of alkyl halides is 3. The fraction of sp³-hybridized carbons (Fsp3) is 0.222. The van der Waals surface area contributed by atoms with Crippen molar-refractivity contribution in [2.75, 3.05) is 6.54 Å². The van der Waals surface area contributed by atoms with Crippen LogP contribution >= 0.6 is 0 Å². The maximum absolute atomic E-state index is 12.1. The zero-order chi connectivity index (χ0) is 19.3. The lowest BCUT2D eigenvalue weighted by Crippen LogP contribution is -2.33. The van der Waals surface area contributed by atoms with Gasteiger partial charge in [0.15, 0.2) is 5.96 Å². The average Bonchev–Trinajstić information content (AvgIpc) is 3.02. The highest BCUT2D eigenvalue weighted by Crippen LogP contribution is 2.22. The molecule has 1 aromatic carbocycles. The molecule has 0 unspecified atom stereocenters. The smallest absolute Gasteiger partial charge is 0.406 e. The molecule has 3 N–H and O–H groups in total. The molecule has 0 radical (unpaired) electrons.